The van der Waals surface area contributed by atoms with Crippen LogP contribution in [0, 0.1) is 0 Å². The largest absolute Gasteiger partial charge is 0.494 e. The summed E-state index contributed by atoms with van der Waals surface area (Å²) in [6.45, 7) is 5.66. The van der Waals surface area contributed by atoms with Crippen molar-refractivity contribution in [1.82, 2.24) is 9.78 Å². The lowest BCUT2D eigenvalue weighted by Gasteiger charge is -2.11. The number of anilines is 1. The Hall–Kier alpha value is -2.01. The number of aryl methyl sites for hydroxylation is 1. The predicted molar refractivity (Wildman–Crippen MR) is 88.7 cm³/mol. The average Bonchev–Trinajstić information content (AvgIpc) is 2.52. The Kier molecular flexibility index (Phi) is 5.83. The third kappa shape index (κ3) is 4.01. The van der Waals surface area contributed by atoms with Gasteiger partial charge in [-0.25, -0.2) is 4.68 Å². The first-order valence-corrected chi connectivity index (χ1v) is 7.74. The van der Waals surface area contributed by atoms with Crippen LogP contribution in [0.5, 0.6) is 5.75 Å². The summed E-state index contributed by atoms with van der Waals surface area (Å²) in [5.74, 6) is 0.824. The van der Waals surface area contributed by atoms with Gasteiger partial charge in [0.25, 0.3) is 5.56 Å². The van der Waals surface area contributed by atoms with E-state index in [0.717, 1.165) is 17.7 Å². The third-order valence-electron chi connectivity index (χ3n) is 3.11. The molecule has 0 fully saturated rings. The maximum atomic E-state index is 12.0. The fourth-order valence-corrected chi connectivity index (χ4v) is 2.28. The van der Waals surface area contributed by atoms with Crippen molar-refractivity contribution in [1.29, 1.82) is 0 Å². The number of rotatable bonds is 7. The number of hydrogen-bond donors (Lipinski definition) is 1. The van der Waals surface area contributed by atoms with Crippen LogP contribution in [0.15, 0.2) is 35.3 Å². The van der Waals surface area contributed by atoms with Gasteiger partial charge in [-0.15, -0.1) is 0 Å². The van der Waals surface area contributed by atoms with Gasteiger partial charge in [0.05, 0.1) is 18.5 Å². The van der Waals surface area contributed by atoms with E-state index in [-0.39, 0.29) is 10.6 Å². The summed E-state index contributed by atoms with van der Waals surface area (Å²) < 4.78 is 6.84. The average molecular weight is 322 g/mol. The van der Waals surface area contributed by atoms with E-state index in [9.17, 15) is 4.79 Å². The lowest BCUT2D eigenvalue weighted by atomic mass is 10.2. The summed E-state index contributed by atoms with van der Waals surface area (Å²) in [5, 5.41) is 7.44. The van der Waals surface area contributed by atoms with Crippen LogP contribution in [0.25, 0.3) is 0 Å². The fraction of sp³-hybridized carbons (Fsp3) is 0.375. The molecule has 2 aromatic rings. The van der Waals surface area contributed by atoms with Gasteiger partial charge in [-0.05, 0) is 31.0 Å². The first-order chi connectivity index (χ1) is 10.7. The lowest BCUT2D eigenvalue weighted by molar-refractivity contribution is 0.340. The van der Waals surface area contributed by atoms with Crippen LogP contribution in [0.4, 0.5) is 5.69 Å². The van der Waals surface area contributed by atoms with Gasteiger partial charge in [-0.2, -0.15) is 5.10 Å². The van der Waals surface area contributed by atoms with Crippen molar-refractivity contribution in [3.8, 4) is 5.75 Å². The second kappa shape index (κ2) is 7.84. The van der Waals surface area contributed by atoms with Crippen molar-refractivity contribution >= 4 is 17.3 Å². The first-order valence-electron chi connectivity index (χ1n) is 7.37. The SMILES string of the molecule is CCCn1ncc(NCc2cccc(OCC)c2)c(Cl)c1=O. The molecule has 1 heterocycles. The Morgan fingerprint density at radius 1 is 1.36 bits per heavy atom. The zero-order valence-corrected chi connectivity index (χ0v) is 13.6. The Morgan fingerprint density at radius 2 is 2.18 bits per heavy atom. The molecule has 22 heavy (non-hydrogen) atoms. The van der Waals surface area contributed by atoms with Crippen molar-refractivity contribution in [2.45, 2.75) is 33.4 Å². The van der Waals surface area contributed by atoms with Crippen LogP contribution < -0.4 is 15.6 Å². The zero-order valence-electron chi connectivity index (χ0n) is 12.8. The molecule has 2 rings (SSSR count). The molecule has 0 saturated heterocycles. The molecule has 0 saturated carbocycles. The number of aromatic nitrogens is 2. The number of hydrogen-bond acceptors (Lipinski definition) is 4. The molecule has 118 valence electrons. The van der Waals surface area contributed by atoms with Crippen LogP contribution in [0.2, 0.25) is 5.02 Å². The van der Waals surface area contributed by atoms with Crippen LogP contribution >= 0.6 is 11.6 Å². The highest BCUT2D eigenvalue weighted by Crippen LogP contribution is 2.18. The number of ether oxygens (including phenoxy) is 1. The Bertz CT molecular complexity index is 685. The number of nitrogens with one attached hydrogen (secondary N) is 1. The van der Waals surface area contributed by atoms with E-state index in [1.54, 1.807) is 6.20 Å². The number of nitrogens with zero attached hydrogens (tertiary/aromatic N) is 2. The summed E-state index contributed by atoms with van der Waals surface area (Å²) in [5.41, 5.74) is 1.32. The van der Waals surface area contributed by atoms with Gasteiger partial charge in [-0.1, -0.05) is 30.7 Å². The molecule has 0 spiro atoms. The second-order valence-electron chi connectivity index (χ2n) is 4.83. The Labute approximate surface area is 134 Å². The van der Waals surface area contributed by atoms with Gasteiger partial charge < -0.3 is 10.1 Å². The highest BCUT2D eigenvalue weighted by atomic mass is 35.5. The summed E-state index contributed by atoms with van der Waals surface area (Å²) in [6, 6.07) is 7.78. The van der Waals surface area contributed by atoms with E-state index in [2.05, 4.69) is 10.4 Å². The Balaban J connectivity index is 2.10. The maximum Gasteiger partial charge on any atom is 0.287 e. The zero-order chi connectivity index (χ0) is 15.9. The second-order valence-corrected chi connectivity index (χ2v) is 5.21. The molecule has 0 aliphatic carbocycles. The van der Waals surface area contributed by atoms with E-state index in [0.29, 0.717) is 25.4 Å². The summed E-state index contributed by atoms with van der Waals surface area (Å²) in [6.07, 6.45) is 2.42. The van der Waals surface area contributed by atoms with Gasteiger partial charge in [0.15, 0.2) is 0 Å². The quantitative estimate of drug-likeness (QED) is 0.850. The van der Waals surface area contributed by atoms with Gasteiger partial charge >= 0.3 is 0 Å². The molecule has 0 aliphatic heterocycles. The van der Waals surface area contributed by atoms with Crippen molar-refractivity contribution in [3.63, 3.8) is 0 Å². The fourth-order valence-electron chi connectivity index (χ4n) is 2.07. The number of halogens is 1. The van der Waals surface area contributed by atoms with Gasteiger partial charge in [0.2, 0.25) is 0 Å². The standard InChI is InChI=1S/C16H20ClN3O2/c1-3-8-20-16(21)15(17)14(11-19-20)18-10-12-6-5-7-13(9-12)22-4-2/h5-7,9,11,18H,3-4,8,10H2,1-2H3. The topological polar surface area (TPSA) is 56.1 Å². The van der Waals surface area contributed by atoms with Crippen LogP contribution in [0.1, 0.15) is 25.8 Å². The molecular formula is C16H20ClN3O2. The molecule has 0 atom stereocenters. The predicted octanol–water partition coefficient (Wildman–Crippen LogP) is 3.32. The molecule has 0 radical (unpaired) electrons. The maximum absolute atomic E-state index is 12.0. The molecule has 6 heteroatoms. The molecule has 0 aliphatic rings. The molecule has 5 nitrogen and oxygen atoms in total. The lowest BCUT2D eigenvalue weighted by Crippen LogP contribution is -2.24. The van der Waals surface area contributed by atoms with Gasteiger partial charge in [-0.3, -0.25) is 4.79 Å². The Morgan fingerprint density at radius 3 is 2.91 bits per heavy atom. The minimum Gasteiger partial charge on any atom is -0.494 e. The molecule has 0 unspecified atom stereocenters. The van der Waals surface area contributed by atoms with Crippen LogP contribution in [-0.4, -0.2) is 16.4 Å². The van der Waals surface area contributed by atoms with Gasteiger partial charge in [0, 0.05) is 13.1 Å². The smallest absolute Gasteiger partial charge is 0.287 e. The van der Waals surface area contributed by atoms with E-state index in [1.807, 2.05) is 38.1 Å². The monoisotopic (exact) mass is 321 g/mol. The van der Waals surface area contributed by atoms with E-state index < -0.39 is 0 Å². The van der Waals surface area contributed by atoms with E-state index >= 15 is 0 Å². The van der Waals surface area contributed by atoms with Crippen molar-refractivity contribution in [3.05, 3.63) is 51.4 Å². The highest BCUT2D eigenvalue weighted by Gasteiger charge is 2.08. The first kappa shape index (κ1) is 16.4. The van der Waals surface area contributed by atoms with Crippen molar-refractivity contribution in [2.24, 2.45) is 0 Å². The third-order valence-corrected chi connectivity index (χ3v) is 3.48. The van der Waals surface area contributed by atoms with E-state index in [4.69, 9.17) is 16.3 Å². The highest BCUT2D eigenvalue weighted by molar-refractivity contribution is 6.32. The molecule has 0 amide bonds. The van der Waals surface area contributed by atoms with Crippen molar-refractivity contribution in [2.75, 3.05) is 11.9 Å². The summed E-state index contributed by atoms with van der Waals surface area (Å²) >= 11 is 6.12. The van der Waals surface area contributed by atoms with Crippen LogP contribution in [-0.2, 0) is 13.1 Å². The molecular weight excluding hydrogens is 302 g/mol. The molecule has 0 bridgehead atoms. The van der Waals surface area contributed by atoms with Crippen molar-refractivity contribution < 1.29 is 4.74 Å². The number of benzene rings is 1. The summed E-state index contributed by atoms with van der Waals surface area (Å²) in [7, 11) is 0. The van der Waals surface area contributed by atoms with Gasteiger partial charge in [0.1, 0.15) is 10.8 Å². The minimum atomic E-state index is -0.267. The molecule has 1 N–H and O–H groups in total. The minimum absolute atomic E-state index is 0.171. The molecule has 1 aromatic heterocycles. The van der Waals surface area contributed by atoms with Crippen LogP contribution in [0.3, 0.4) is 0 Å². The summed E-state index contributed by atoms with van der Waals surface area (Å²) in [4.78, 5) is 12.0. The molecule has 1 aromatic carbocycles. The van der Waals surface area contributed by atoms with E-state index in [1.165, 1.54) is 4.68 Å². The normalized spacial score (nSPS) is 10.5.